The molecule has 4 fully saturated rings. The molecular weight excluding hydrogens is 232 g/mol. The van der Waals surface area contributed by atoms with Crippen LogP contribution in [0.25, 0.3) is 0 Å². The zero-order valence-electron chi connectivity index (χ0n) is 10.5. The Bertz CT molecular complexity index is 291. The van der Waals surface area contributed by atoms with Crippen LogP contribution in [0.2, 0.25) is 0 Å². The van der Waals surface area contributed by atoms with E-state index in [2.05, 4.69) is 0 Å². The van der Waals surface area contributed by atoms with Crippen molar-refractivity contribution in [2.24, 2.45) is 29.1 Å². The van der Waals surface area contributed by atoms with E-state index >= 15 is 0 Å². The van der Waals surface area contributed by atoms with Crippen LogP contribution in [0.15, 0.2) is 0 Å². The van der Waals surface area contributed by atoms with Crippen LogP contribution in [0.5, 0.6) is 0 Å². The first-order valence-corrected chi connectivity index (χ1v) is 8.24. The molecule has 4 saturated carbocycles. The summed E-state index contributed by atoms with van der Waals surface area (Å²) >= 11 is 1.71. The summed E-state index contributed by atoms with van der Waals surface area (Å²) in [6.45, 7) is 0. The highest BCUT2D eigenvalue weighted by Crippen LogP contribution is 2.63. The van der Waals surface area contributed by atoms with E-state index in [0.29, 0.717) is 0 Å². The van der Waals surface area contributed by atoms with E-state index in [4.69, 9.17) is 0 Å². The average molecular weight is 254 g/mol. The summed E-state index contributed by atoms with van der Waals surface area (Å²) < 4.78 is 0. The van der Waals surface area contributed by atoms with Crippen molar-refractivity contribution in [1.82, 2.24) is 0 Å². The van der Waals surface area contributed by atoms with E-state index in [9.17, 15) is 9.90 Å². The fraction of sp³-hybridized carbons (Fsp3) is 0.929. The molecule has 17 heavy (non-hydrogen) atoms. The molecule has 0 aromatic rings. The quantitative estimate of drug-likeness (QED) is 0.836. The van der Waals surface area contributed by atoms with Gasteiger partial charge in [-0.25, -0.2) is 0 Å². The van der Waals surface area contributed by atoms with Gasteiger partial charge in [0.05, 0.1) is 5.92 Å². The molecule has 4 rings (SSSR count). The number of thioether (sulfide) groups is 1. The molecule has 3 heteroatoms. The van der Waals surface area contributed by atoms with Crippen molar-refractivity contribution in [1.29, 1.82) is 0 Å². The standard InChI is InChI=1S/C14H22O2S/c1-17-8-12(13(15)16)14-5-9-2-10(6-14)4-11(3-9)7-14/h9-12H,2-8H2,1H3,(H,15,16). The molecule has 0 heterocycles. The molecule has 0 aromatic carbocycles. The van der Waals surface area contributed by atoms with Crippen molar-refractivity contribution < 1.29 is 9.90 Å². The van der Waals surface area contributed by atoms with Crippen LogP contribution in [0.1, 0.15) is 38.5 Å². The summed E-state index contributed by atoms with van der Waals surface area (Å²) in [4.78, 5) is 11.6. The normalized spacial score (nSPS) is 44.9. The topological polar surface area (TPSA) is 37.3 Å². The van der Waals surface area contributed by atoms with Crippen LogP contribution >= 0.6 is 11.8 Å². The average Bonchev–Trinajstić information content (AvgIpc) is 2.23. The Kier molecular flexibility index (Phi) is 2.92. The highest BCUT2D eigenvalue weighted by atomic mass is 32.2. The van der Waals surface area contributed by atoms with Crippen molar-refractivity contribution in [2.45, 2.75) is 38.5 Å². The SMILES string of the molecule is CSCC(C(=O)O)C12CC3CC(CC(C3)C1)C2. The third kappa shape index (κ3) is 1.91. The van der Waals surface area contributed by atoms with Crippen LogP contribution in [-0.2, 0) is 4.79 Å². The van der Waals surface area contributed by atoms with Gasteiger partial charge < -0.3 is 5.11 Å². The Morgan fingerprint density at radius 1 is 1.24 bits per heavy atom. The molecule has 1 atom stereocenters. The summed E-state index contributed by atoms with van der Waals surface area (Å²) in [6.07, 6.45) is 9.83. The molecule has 0 aromatic heterocycles. The molecule has 0 radical (unpaired) electrons. The van der Waals surface area contributed by atoms with E-state index < -0.39 is 5.97 Å². The summed E-state index contributed by atoms with van der Waals surface area (Å²) in [6, 6.07) is 0. The van der Waals surface area contributed by atoms with Crippen molar-refractivity contribution in [3.05, 3.63) is 0 Å². The van der Waals surface area contributed by atoms with Gasteiger partial charge in [-0.1, -0.05) is 0 Å². The number of carboxylic acids is 1. The van der Waals surface area contributed by atoms with Gasteiger partial charge in [-0.3, -0.25) is 4.79 Å². The third-order valence-corrected chi connectivity index (χ3v) is 6.12. The molecule has 4 aliphatic carbocycles. The van der Waals surface area contributed by atoms with Crippen molar-refractivity contribution in [2.75, 3.05) is 12.0 Å². The molecule has 0 amide bonds. The van der Waals surface area contributed by atoms with Gasteiger partial charge in [0.2, 0.25) is 0 Å². The minimum absolute atomic E-state index is 0.0918. The number of hydrogen-bond acceptors (Lipinski definition) is 2. The smallest absolute Gasteiger partial charge is 0.307 e. The number of carboxylic acid groups (broad SMARTS) is 1. The van der Waals surface area contributed by atoms with E-state index in [1.165, 1.54) is 38.5 Å². The second kappa shape index (κ2) is 4.18. The minimum Gasteiger partial charge on any atom is -0.481 e. The molecule has 0 spiro atoms. The van der Waals surface area contributed by atoms with Crippen LogP contribution in [0, 0.1) is 29.1 Å². The number of hydrogen-bond donors (Lipinski definition) is 1. The molecule has 0 saturated heterocycles. The predicted octanol–water partition coefficient (Wildman–Crippen LogP) is 3.27. The first-order chi connectivity index (χ1) is 8.13. The van der Waals surface area contributed by atoms with Gasteiger partial charge in [0, 0.05) is 5.75 Å². The Balaban J connectivity index is 1.87. The first kappa shape index (κ1) is 11.9. The zero-order chi connectivity index (χ0) is 12.0. The second-order valence-electron chi connectivity index (χ2n) is 6.63. The Labute approximate surface area is 108 Å². The van der Waals surface area contributed by atoms with E-state index in [-0.39, 0.29) is 11.3 Å². The largest absolute Gasteiger partial charge is 0.481 e. The molecule has 4 bridgehead atoms. The zero-order valence-corrected chi connectivity index (χ0v) is 11.3. The predicted molar refractivity (Wildman–Crippen MR) is 70.1 cm³/mol. The van der Waals surface area contributed by atoms with Crippen molar-refractivity contribution >= 4 is 17.7 Å². The molecule has 96 valence electrons. The third-order valence-electron chi connectivity index (χ3n) is 5.46. The van der Waals surface area contributed by atoms with Gasteiger partial charge in [-0.05, 0) is 67.9 Å². The lowest BCUT2D eigenvalue weighted by Gasteiger charge is -2.58. The monoisotopic (exact) mass is 254 g/mol. The lowest BCUT2D eigenvalue weighted by Crippen LogP contribution is -2.52. The number of carbonyl (C=O) groups is 1. The van der Waals surface area contributed by atoms with Gasteiger partial charge in [-0.2, -0.15) is 11.8 Å². The van der Waals surface area contributed by atoms with Crippen LogP contribution < -0.4 is 0 Å². The van der Waals surface area contributed by atoms with Crippen molar-refractivity contribution in [3.8, 4) is 0 Å². The van der Waals surface area contributed by atoms with Gasteiger partial charge >= 0.3 is 5.97 Å². The Morgan fingerprint density at radius 3 is 2.06 bits per heavy atom. The maximum absolute atomic E-state index is 11.6. The Hall–Kier alpha value is -0.180. The van der Waals surface area contributed by atoms with Gasteiger partial charge in [0.15, 0.2) is 0 Å². The van der Waals surface area contributed by atoms with E-state index in [1.54, 1.807) is 11.8 Å². The maximum Gasteiger partial charge on any atom is 0.307 e. The van der Waals surface area contributed by atoms with Gasteiger partial charge in [-0.15, -0.1) is 0 Å². The van der Waals surface area contributed by atoms with Gasteiger partial charge in [0.1, 0.15) is 0 Å². The molecule has 0 aliphatic heterocycles. The van der Waals surface area contributed by atoms with E-state index in [0.717, 1.165) is 23.5 Å². The highest BCUT2D eigenvalue weighted by molar-refractivity contribution is 7.98. The second-order valence-corrected chi connectivity index (χ2v) is 7.54. The summed E-state index contributed by atoms with van der Waals surface area (Å²) in [5, 5.41) is 9.55. The van der Waals surface area contributed by atoms with E-state index in [1.807, 2.05) is 6.26 Å². The number of rotatable bonds is 4. The molecule has 1 unspecified atom stereocenters. The fourth-order valence-corrected chi connectivity index (χ4v) is 6.11. The lowest BCUT2D eigenvalue weighted by atomic mass is 9.46. The van der Waals surface area contributed by atoms with Crippen molar-refractivity contribution in [3.63, 3.8) is 0 Å². The molecule has 1 N–H and O–H groups in total. The summed E-state index contributed by atoms with van der Waals surface area (Å²) in [5.74, 6) is 2.73. The van der Waals surface area contributed by atoms with Crippen LogP contribution in [0.4, 0.5) is 0 Å². The summed E-state index contributed by atoms with van der Waals surface area (Å²) in [7, 11) is 0. The number of aliphatic carboxylic acids is 1. The Morgan fingerprint density at radius 2 is 1.71 bits per heavy atom. The molecular formula is C14H22O2S. The maximum atomic E-state index is 11.6. The fourth-order valence-electron chi connectivity index (χ4n) is 5.28. The van der Waals surface area contributed by atoms with Crippen LogP contribution in [0.3, 0.4) is 0 Å². The van der Waals surface area contributed by atoms with Crippen LogP contribution in [-0.4, -0.2) is 23.1 Å². The molecule has 4 aliphatic rings. The lowest BCUT2D eigenvalue weighted by molar-refractivity contribution is -0.155. The first-order valence-electron chi connectivity index (χ1n) is 6.85. The molecule has 2 nitrogen and oxygen atoms in total. The highest BCUT2D eigenvalue weighted by Gasteiger charge is 2.55. The van der Waals surface area contributed by atoms with Gasteiger partial charge in [0.25, 0.3) is 0 Å². The minimum atomic E-state index is -0.540. The summed E-state index contributed by atoms with van der Waals surface area (Å²) in [5.41, 5.74) is 0.170.